The van der Waals surface area contributed by atoms with Gasteiger partial charge in [0, 0.05) is 6.54 Å². The first-order valence-corrected chi connectivity index (χ1v) is 6.25. The lowest BCUT2D eigenvalue weighted by Crippen LogP contribution is -2.24. The summed E-state index contributed by atoms with van der Waals surface area (Å²) in [7, 11) is 0. The highest BCUT2D eigenvalue weighted by atomic mass is 16.4. The van der Waals surface area contributed by atoms with Crippen LogP contribution in [0.2, 0.25) is 0 Å². The van der Waals surface area contributed by atoms with Crippen molar-refractivity contribution < 1.29 is 9.90 Å². The molecule has 0 aliphatic carbocycles. The summed E-state index contributed by atoms with van der Waals surface area (Å²) in [5.74, 6) is -0.776. The summed E-state index contributed by atoms with van der Waals surface area (Å²) in [5.41, 5.74) is 1.31. The first kappa shape index (κ1) is 12.1. The lowest BCUT2D eigenvalue weighted by molar-refractivity contribution is -0.142. The molecule has 1 heterocycles. The van der Waals surface area contributed by atoms with E-state index in [1.165, 1.54) is 5.56 Å². The van der Waals surface area contributed by atoms with Crippen LogP contribution in [0.4, 0.5) is 0 Å². The monoisotopic (exact) mass is 233 g/mol. The summed E-state index contributed by atoms with van der Waals surface area (Å²) in [4.78, 5) is 13.3. The molecule has 2 rings (SSSR count). The van der Waals surface area contributed by atoms with Crippen molar-refractivity contribution in [1.82, 2.24) is 4.90 Å². The van der Waals surface area contributed by atoms with Crippen molar-refractivity contribution in [2.45, 2.75) is 25.8 Å². The molecule has 0 aromatic heterocycles. The van der Waals surface area contributed by atoms with Gasteiger partial charge in [-0.1, -0.05) is 30.3 Å². The van der Waals surface area contributed by atoms with Crippen LogP contribution in [0.15, 0.2) is 30.3 Å². The average Bonchev–Trinajstić information content (AvgIpc) is 2.56. The van der Waals surface area contributed by atoms with Gasteiger partial charge in [0.2, 0.25) is 0 Å². The SMILES string of the molecule is O=C(O)C1CCCN(Cc2ccccc2)CC1. The van der Waals surface area contributed by atoms with Gasteiger partial charge in [0.05, 0.1) is 5.92 Å². The van der Waals surface area contributed by atoms with Crippen molar-refractivity contribution >= 4 is 5.97 Å². The van der Waals surface area contributed by atoms with Gasteiger partial charge in [-0.3, -0.25) is 9.69 Å². The normalized spacial score (nSPS) is 22.0. The van der Waals surface area contributed by atoms with Crippen LogP contribution in [0.25, 0.3) is 0 Å². The van der Waals surface area contributed by atoms with Gasteiger partial charge in [-0.15, -0.1) is 0 Å². The molecule has 1 saturated heterocycles. The Hall–Kier alpha value is -1.35. The zero-order valence-electron chi connectivity index (χ0n) is 10.0. The van der Waals surface area contributed by atoms with Crippen LogP contribution in [-0.2, 0) is 11.3 Å². The standard InChI is InChI=1S/C14H19NO2/c16-14(17)13-7-4-9-15(10-8-13)11-12-5-2-1-3-6-12/h1-3,5-6,13H,4,7-11H2,(H,16,17). The van der Waals surface area contributed by atoms with E-state index in [9.17, 15) is 4.79 Å². The molecular weight excluding hydrogens is 214 g/mol. The van der Waals surface area contributed by atoms with Crippen molar-refractivity contribution in [3.05, 3.63) is 35.9 Å². The van der Waals surface area contributed by atoms with Gasteiger partial charge < -0.3 is 5.11 Å². The molecule has 17 heavy (non-hydrogen) atoms. The van der Waals surface area contributed by atoms with E-state index in [-0.39, 0.29) is 5.92 Å². The van der Waals surface area contributed by atoms with Crippen molar-refractivity contribution in [3.63, 3.8) is 0 Å². The number of benzene rings is 1. The Labute approximate surface area is 102 Å². The maximum Gasteiger partial charge on any atom is 0.306 e. The van der Waals surface area contributed by atoms with Crippen LogP contribution >= 0.6 is 0 Å². The predicted molar refractivity (Wildman–Crippen MR) is 66.7 cm³/mol. The van der Waals surface area contributed by atoms with Crippen LogP contribution in [-0.4, -0.2) is 29.1 Å². The minimum absolute atomic E-state index is 0.143. The summed E-state index contributed by atoms with van der Waals surface area (Å²) in [6.07, 6.45) is 2.59. The number of carbonyl (C=O) groups is 1. The Morgan fingerprint density at radius 1 is 1.24 bits per heavy atom. The van der Waals surface area contributed by atoms with E-state index in [2.05, 4.69) is 17.0 Å². The Balaban J connectivity index is 1.89. The zero-order valence-corrected chi connectivity index (χ0v) is 10.0. The molecule has 1 aliphatic rings. The van der Waals surface area contributed by atoms with Gasteiger partial charge in [0.15, 0.2) is 0 Å². The van der Waals surface area contributed by atoms with Gasteiger partial charge in [0.1, 0.15) is 0 Å². The highest BCUT2D eigenvalue weighted by Gasteiger charge is 2.22. The van der Waals surface area contributed by atoms with Gasteiger partial charge >= 0.3 is 5.97 Å². The molecule has 1 aliphatic heterocycles. The number of likely N-dealkylation sites (tertiary alicyclic amines) is 1. The largest absolute Gasteiger partial charge is 0.481 e. The molecule has 1 aromatic carbocycles. The van der Waals surface area contributed by atoms with E-state index in [1.807, 2.05) is 18.2 Å². The number of hydrogen-bond donors (Lipinski definition) is 1. The molecule has 0 spiro atoms. The number of hydrogen-bond acceptors (Lipinski definition) is 2. The fourth-order valence-electron chi connectivity index (χ4n) is 2.40. The molecule has 92 valence electrons. The highest BCUT2D eigenvalue weighted by Crippen LogP contribution is 2.19. The maximum atomic E-state index is 11.0. The second-order valence-electron chi connectivity index (χ2n) is 4.73. The van der Waals surface area contributed by atoms with E-state index in [0.717, 1.165) is 38.9 Å². The Bertz CT molecular complexity index is 364. The van der Waals surface area contributed by atoms with E-state index >= 15 is 0 Å². The third kappa shape index (κ3) is 3.56. The summed E-state index contributed by atoms with van der Waals surface area (Å²) < 4.78 is 0. The minimum atomic E-state index is -0.633. The summed E-state index contributed by atoms with van der Waals surface area (Å²) in [5, 5.41) is 9.02. The molecule has 1 unspecified atom stereocenters. The first-order chi connectivity index (χ1) is 8.25. The highest BCUT2D eigenvalue weighted by molar-refractivity contribution is 5.69. The molecule has 1 aromatic rings. The predicted octanol–water partition coefficient (Wildman–Crippen LogP) is 2.37. The lowest BCUT2D eigenvalue weighted by atomic mass is 10.0. The molecule has 0 radical (unpaired) electrons. The number of carboxylic acids is 1. The van der Waals surface area contributed by atoms with Crippen LogP contribution in [0.3, 0.4) is 0 Å². The quantitative estimate of drug-likeness (QED) is 0.871. The fraction of sp³-hybridized carbons (Fsp3) is 0.500. The van der Waals surface area contributed by atoms with Crippen LogP contribution < -0.4 is 0 Å². The lowest BCUT2D eigenvalue weighted by Gasteiger charge is -2.19. The molecule has 3 heteroatoms. The Kier molecular flexibility index (Phi) is 4.15. The Morgan fingerprint density at radius 2 is 2.00 bits per heavy atom. The van der Waals surface area contributed by atoms with E-state index in [0.29, 0.717) is 0 Å². The van der Waals surface area contributed by atoms with Crippen molar-refractivity contribution in [1.29, 1.82) is 0 Å². The van der Waals surface area contributed by atoms with Gasteiger partial charge in [-0.05, 0) is 37.9 Å². The van der Waals surface area contributed by atoms with Gasteiger partial charge in [-0.2, -0.15) is 0 Å². The topological polar surface area (TPSA) is 40.5 Å². The van der Waals surface area contributed by atoms with Crippen molar-refractivity contribution in [2.75, 3.05) is 13.1 Å². The van der Waals surface area contributed by atoms with E-state index < -0.39 is 5.97 Å². The molecule has 1 N–H and O–H groups in total. The van der Waals surface area contributed by atoms with Gasteiger partial charge in [-0.25, -0.2) is 0 Å². The molecule has 1 fully saturated rings. The molecule has 0 saturated carbocycles. The van der Waals surface area contributed by atoms with Crippen molar-refractivity contribution in [2.24, 2.45) is 5.92 Å². The number of aliphatic carboxylic acids is 1. The van der Waals surface area contributed by atoms with Crippen LogP contribution in [0.5, 0.6) is 0 Å². The second kappa shape index (κ2) is 5.82. The summed E-state index contributed by atoms with van der Waals surface area (Å²) >= 11 is 0. The fourth-order valence-corrected chi connectivity index (χ4v) is 2.40. The number of nitrogens with zero attached hydrogens (tertiary/aromatic N) is 1. The molecule has 1 atom stereocenters. The Morgan fingerprint density at radius 3 is 2.71 bits per heavy atom. The van der Waals surface area contributed by atoms with Crippen molar-refractivity contribution in [3.8, 4) is 0 Å². The number of rotatable bonds is 3. The third-order valence-corrected chi connectivity index (χ3v) is 3.42. The maximum absolute atomic E-state index is 11.0. The first-order valence-electron chi connectivity index (χ1n) is 6.25. The van der Waals surface area contributed by atoms with E-state index in [4.69, 9.17) is 5.11 Å². The summed E-state index contributed by atoms with van der Waals surface area (Å²) in [6.45, 7) is 2.84. The summed E-state index contributed by atoms with van der Waals surface area (Å²) in [6, 6.07) is 10.4. The molecule has 0 bridgehead atoms. The number of carboxylic acid groups (broad SMARTS) is 1. The van der Waals surface area contributed by atoms with Crippen LogP contribution in [0.1, 0.15) is 24.8 Å². The second-order valence-corrected chi connectivity index (χ2v) is 4.73. The van der Waals surface area contributed by atoms with E-state index in [1.54, 1.807) is 0 Å². The smallest absolute Gasteiger partial charge is 0.306 e. The zero-order chi connectivity index (χ0) is 12.1. The molecule has 3 nitrogen and oxygen atoms in total. The molecule has 0 amide bonds. The van der Waals surface area contributed by atoms with Crippen LogP contribution in [0, 0.1) is 5.92 Å². The third-order valence-electron chi connectivity index (χ3n) is 3.42. The average molecular weight is 233 g/mol. The molecular formula is C14H19NO2. The minimum Gasteiger partial charge on any atom is -0.481 e. The van der Waals surface area contributed by atoms with Gasteiger partial charge in [0.25, 0.3) is 0 Å².